The Bertz CT molecular complexity index is 1140. The average Bonchev–Trinajstić information content (AvgIpc) is 3.20. The minimum absolute atomic E-state index is 0.228. The van der Waals surface area contributed by atoms with Gasteiger partial charge in [0.05, 0.1) is 18.5 Å². The van der Waals surface area contributed by atoms with E-state index in [0.29, 0.717) is 24.0 Å². The highest BCUT2D eigenvalue weighted by Crippen LogP contribution is 2.36. The summed E-state index contributed by atoms with van der Waals surface area (Å²) in [6, 6.07) is 2.07. The molecule has 1 fully saturated rings. The molecule has 2 bridgehead atoms. The molecule has 6 rings (SSSR count). The third kappa shape index (κ3) is 4.50. The van der Waals surface area contributed by atoms with Crippen molar-refractivity contribution in [2.24, 2.45) is 31.8 Å². The van der Waals surface area contributed by atoms with Crippen molar-refractivity contribution in [2.75, 3.05) is 40.0 Å². The van der Waals surface area contributed by atoms with Gasteiger partial charge in [0, 0.05) is 50.6 Å². The minimum Gasteiger partial charge on any atom is -0.377 e. The lowest BCUT2D eigenvalue weighted by molar-refractivity contribution is 0.208. The van der Waals surface area contributed by atoms with Gasteiger partial charge in [-0.3, -0.25) is 15.0 Å². The van der Waals surface area contributed by atoms with E-state index < -0.39 is 0 Å². The number of hydrogen-bond donors (Lipinski definition) is 0. The number of fused-ring (bicyclic) bond motifs is 2. The van der Waals surface area contributed by atoms with E-state index in [4.69, 9.17) is 14.7 Å². The number of aryl methyl sites for hydroxylation is 1. The van der Waals surface area contributed by atoms with Crippen molar-refractivity contribution in [3.63, 3.8) is 0 Å². The first-order chi connectivity index (χ1) is 16.7. The molecule has 1 aromatic heterocycles. The van der Waals surface area contributed by atoms with E-state index >= 15 is 0 Å². The quantitative estimate of drug-likeness (QED) is 0.589. The third-order valence-corrected chi connectivity index (χ3v) is 6.75. The maximum Gasteiger partial charge on any atom is 0.159 e. The van der Waals surface area contributed by atoms with Crippen LogP contribution in [0, 0.1) is 18.8 Å². The summed E-state index contributed by atoms with van der Waals surface area (Å²) in [7, 11) is 1.63. The van der Waals surface area contributed by atoms with Gasteiger partial charge in [-0.25, -0.2) is 9.98 Å². The molecule has 34 heavy (non-hydrogen) atoms. The van der Waals surface area contributed by atoms with Crippen molar-refractivity contribution < 1.29 is 4.74 Å². The van der Waals surface area contributed by atoms with Gasteiger partial charge in [-0.05, 0) is 61.9 Å². The van der Waals surface area contributed by atoms with Gasteiger partial charge < -0.3 is 14.5 Å². The predicted octanol–water partition coefficient (Wildman–Crippen LogP) is 3.23. The highest BCUT2D eigenvalue weighted by atomic mass is 16.5. The molecule has 8 nitrogen and oxygen atoms in total. The van der Waals surface area contributed by atoms with Crippen LogP contribution >= 0.6 is 0 Å². The van der Waals surface area contributed by atoms with Gasteiger partial charge in [0.1, 0.15) is 18.3 Å². The van der Waals surface area contributed by atoms with Gasteiger partial charge in [0.25, 0.3) is 0 Å². The Morgan fingerprint density at radius 1 is 1.26 bits per heavy atom. The first-order valence-corrected chi connectivity index (χ1v) is 11.8. The summed E-state index contributed by atoms with van der Waals surface area (Å²) >= 11 is 0. The van der Waals surface area contributed by atoms with Crippen LogP contribution in [0.3, 0.4) is 0 Å². The normalized spacial score (nSPS) is 24.6. The van der Waals surface area contributed by atoms with Gasteiger partial charge in [-0.15, -0.1) is 0 Å². The topological polar surface area (TPSA) is 78.0 Å². The first kappa shape index (κ1) is 22.4. The summed E-state index contributed by atoms with van der Waals surface area (Å²) in [4.78, 5) is 27.3. The van der Waals surface area contributed by atoms with Gasteiger partial charge in [0.15, 0.2) is 5.84 Å². The third-order valence-electron chi connectivity index (χ3n) is 6.75. The second-order valence-corrected chi connectivity index (χ2v) is 9.11. The number of amidine groups is 2. The molecule has 176 valence electrons. The van der Waals surface area contributed by atoms with E-state index in [2.05, 4.69) is 55.9 Å². The number of pyridine rings is 1. The molecule has 1 unspecified atom stereocenters. The monoisotopic (exact) mass is 457 g/mol. The molecule has 0 N–H and O–H groups in total. The van der Waals surface area contributed by atoms with E-state index in [1.807, 2.05) is 19.3 Å². The molecule has 0 aromatic carbocycles. The van der Waals surface area contributed by atoms with Gasteiger partial charge >= 0.3 is 0 Å². The molecule has 0 aliphatic carbocycles. The van der Waals surface area contributed by atoms with Crippen molar-refractivity contribution in [1.82, 2.24) is 14.8 Å². The van der Waals surface area contributed by atoms with E-state index in [1.165, 1.54) is 25.9 Å². The van der Waals surface area contributed by atoms with Crippen molar-refractivity contribution in [3.8, 4) is 0 Å². The largest absolute Gasteiger partial charge is 0.377 e. The number of aliphatic imine (C=N–C) groups is 4. The van der Waals surface area contributed by atoms with Crippen LogP contribution in [0.15, 0.2) is 74.3 Å². The fourth-order valence-electron chi connectivity index (χ4n) is 5.09. The molecular formula is C26H31N7O. The number of hydrogen-bond acceptors (Lipinski definition) is 7. The van der Waals surface area contributed by atoms with Crippen molar-refractivity contribution in [3.05, 3.63) is 65.4 Å². The van der Waals surface area contributed by atoms with Crippen LogP contribution in [0.25, 0.3) is 0 Å². The highest BCUT2D eigenvalue weighted by molar-refractivity contribution is 6.22. The maximum atomic E-state index is 5.23. The van der Waals surface area contributed by atoms with E-state index in [0.717, 1.165) is 35.1 Å². The summed E-state index contributed by atoms with van der Waals surface area (Å²) in [5.74, 6) is 2.59. The molecule has 0 saturated carbocycles. The van der Waals surface area contributed by atoms with Crippen LogP contribution in [-0.2, 0) is 4.74 Å². The molecule has 1 aromatic rings. The van der Waals surface area contributed by atoms with Crippen molar-refractivity contribution >= 4 is 24.1 Å². The Balaban J connectivity index is 1.40. The van der Waals surface area contributed by atoms with Crippen LogP contribution in [0.5, 0.6) is 0 Å². The fourth-order valence-corrected chi connectivity index (χ4v) is 5.09. The standard InChI is InChI=1S/C26H31N7O/c1-18-10-21(12-28-11-18)25-31-24(14-27-2)26(30-17-34-3)33(25)15-22-5-4-20(13-29-22)23-16-32-8-6-19(23)7-9-32/h4-5,10-12,14,16,19-20H,2,6-9,13,15,17H2,1,3H3/b24-14+,30-26+. The van der Waals surface area contributed by atoms with Crippen molar-refractivity contribution in [1.29, 1.82) is 0 Å². The smallest absolute Gasteiger partial charge is 0.159 e. The zero-order valence-electron chi connectivity index (χ0n) is 19.9. The lowest BCUT2D eigenvalue weighted by Gasteiger charge is -2.41. The second kappa shape index (κ2) is 9.85. The van der Waals surface area contributed by atoms with Crippen LogP contribution in [0.2, 0.25) is 0 Å². The summed E-state index contributed by atoms with van der Waals surface area (Å²) < 4.78 is 5.23. The summed E-state index contributed by atoms with van der Waals surface area (Å²) in [6.45, 7) is 9.59. The zero-order chi connectivity index (χ0) is 23.5. The van der Waals surface area contributed by atoms with Crippen LogP contribution < -0.4 is 0 Å². The Morgan fingerprint density at radius 3 is 2.76 bits per heavy atom. The molecule has 0 spiro atoms. The molecule has 5 aliphatic heterocycles. The number of aromatic nitrogens is 1. The fraction of sp³-hybridized carbons (Fsp3) is 0.423. The summed E-state index contributed by atoms with van der Waals surface area (Å²) in [5, 5.41) is 0. The van der Waals surface area contributed by atoms with Crippen LogP contribution in [0.4, 0.5) is 0 Å². The Morgan fingerprint density at radius 2 is 2.12 bits per heavy atom. The van der Waals surface area contributed by atoms with E-state index in [9.17, 15) is 0 Å². The molecule has 0 amide bonds. The lowest BCUT2D eigenvalue weighted by Crippen LogP contribution is -2.39. The molecule has 5 aliphatic rings. The second-order valence-electron chi connectivity index (χ2n) is 9.11. The van der Waals surface area contributed by atoms with Crippen molar-refractivity contribution in [2.45, 2.75) is 19.8 Å². The molecule has 1 saturated heterocycles. The van der Waals surface area contributed by atoms with E-state index in [-0.39, 0.29) is 6.73 Å². The predicted molar refractivity (Wildman–Crippen MR) is 136 cm³/mol. The zero-order valence-corrected chi connectivity index (χ0v) is 19.9. The number of rotatable bonds is 7. The van der Waals surface area contributed by atoms with Crippen LogP contribution in [-0.4, -0.2) is 78.9 Å². The molecule has 8 heteroatoms. The Hall–Kier alpha value is -3.39. The average molecular weight is 458 g/mol. The maximum absolute atomic E-state index is 5.23. The van der Waals surface area contributed by atoms with Gasteiger partial charge in [-0.1, -0.05) is 6.08 Å². The summed E-state index contributed by atoms with van der Waals surface area (Å²) in [5.41, 5.74) is 5.20. The number of ether oxygens (including phenoxy) is 1. The number of methoxy groups -OCH3 is 1. The van der Waals surface area contributed by atoms with Gasteiger partial charge in [0.2, 0.25) is 0 Å². The molecule has 1 atom stereocenters. The molecule has 0 radical (unpaired) electrons. The first-order valence-electron chi connectivity index (χ1n) is 11.8. The molecule has 6 heterocycles. The SMILES string of the molecule is C=N/C=C1/N=C(c2cncc(C)c2)N(CC2=NCC(C3=CN4CCC3CC4)C=C2)/C1=N/COC. The van der Waals surface area contributed by atoms with Gasteiger partial charge in [-0.2, -0.15) is 0 Å². The number of piperidine rings is 1. The Labute approximate surface area is 200 Å². The highest BCUT2D eigenvalue weighted by Gasteiger charge is 2.33. The Kier molecular flexibility index (Phi) is 6.49. The lowest BCUT2D eigenvalue weighted by atomic mass is 9.78. The minimum atomic E-state index is 0.228. The summed E-state index contributed by atoms with van der Waals surface area (Å²) in [6.07, 6.45) is 14.7. The van der Waals surface area contributed by atoms with E-state index in [1.54, 1.807) is 18.9 Å². The number of nitrogens with zero attached hydrogens (tertiary/aromatic N) is 7. The molecular weight excluding hydrogens is 426 g/mol. The van der Waals surface area contributed by atoms with Crippen LogP contribution in [0.1, 0.15) is 24.0 Å². The number of dihydropyridines is 1.